The maximum atomic E-state index is 13.0. The van der Waals surface area contributed by atoms with Gasteiger partial charge >= 0.3 is 0 Å². The summed E-state index contributed by atoms with van der Waals surface area (Å²) in [6.45, 7) is 0.692. The average molecular weight is 391 g/mol. The average Bonchev–Trinajstić information content (AvgIpc) is 3.18. The zero-order valence-electron chi connectivity index (χ0n) is 14.9. The van der Waals surface area contributed by atoms with Crippen molar-refractivity contribution in [2.45, 2.75) is 36.1 Å². The molecule has 0 bridgehead atoms. The van der Waals surface area contributed by atoms with Crippen LogP contribution in [0, 0.1) is 0 Å². The number of sulfonamides is 1. The summed E-state index contributed by atoms with van der Waals surface area (Å²) in [7, 11) is -2.35. The molecule has 1 aromatic heterocycles. The number of aromatic nitrogens is 3. The van der Waals surface area contributed by atoms with Gasteiger partial charge < -0.3 is 10.5 Å². The number of hydrogen-bond acceptors (Lipinski definition) is 6. The molecule has 2 fully saturated rings. The first kappa shape index (κ1) is 17.9. The molecular formula is C17H21N5O4S. The minimum absolute atomic E-state index is 0.0232. The Bertz CT molecular complexity index is 983. The first-order valence-electron chi connectivity index (χ1n) is 8.80. The van der Waals surface area contributed by atoms with Crippen LogP contribution in [-0.2, 0) is 10.0 Å². The second kappa shape index (κ2) is 6.61. The molecule has 1 atom stereocenters. The second-order valence-electron chi connectivity index (χ2n) is 6.93. The van der Waals surface area contributed by atoms with Crippen molar-refractivity contribution in [2.75, 3.05) is 20.2 Å². The Balaban J connectivity index is 1.55. The Morgan fingerprint density at radius 3 is 2.74 bits per heavy atom. The molecule has 0 radical (unpaired) electrons. The lowest BCUT2D eigenvalue weighted by Crippen LogP contribution is -2.29. The normalized spacial score (nSPS) is 20.7. The lowest BCUT2D eigenvalue weighted by molar-refractivity contribution is 0.0997. The summed E-state index contributed by atoms with van der Waals surface area (Å²) in [5.74, 6) is 0.0147. The number of primary amides is 1. The van der Waals surface area contributed by atoms with E-state index in [2.05, 4.69) is 10.3 Å². The van der Waals surface area contributed by atoms with Gasteiger partial charge in [0.2, 0.25) is 10.0 Å². The van der Waals surface area contributed by atoms with Gasteiger partial charge in [0.25, 0.3) is 5.91 Å². The molecule has 9 nitrogen and oxygen atoms in total. The highest BCUT2D eigenvalue weighted by molar-refractivity contribution is 7.89. The fraction of sp³-hybridized carbons (Fsp3) is 0.471. The monoisotopic (exact) mass is 391 g/mol. The molecule has 1 aliphatic carbocycles. The van der Waals surface area contributed by atoms with Crippen molar-refractivity contribution in [1.82, 2.24) is 19.3 Å². The predicted molar refractivity (Wildman–Crippen MR) is 95.9 cm³/mol. The summed E-state index contributed by atoms with van der Waals surface area (Å²) in [6, 6.07) is 4.09. The van der Waals surface area contributed by atoms with Crippen LogP contribution in [0.5, 0.6) is 5.75 Å². The molecule has 144 valence electrons. The number of benzene rings is 1. The van der Waals surface area contributed by atoms with E-state index in [1.807, 2.05) is 6.20 Å². The lowest BCUT2D eigenvalue weighted by atomic mass is 10.2. The highest BCUT2D eigenvalue weighted by atomic mass is 32.2. The van der Waals surface area contributed by atoms with Crippen molar-refractivity contribution in [1.29, 1.82) is 0 Å². The topological polar surface area (TPSA) is 120 Å². The van der Waals surface area contributed by atoms with E-state index in [9.17, 15) is 13.2 Å². The summed E-state index contributed by atoms with van der Waals surface area (Å²) in [6.07, 6.45) is 4.87. The zero-order chi connectivity index (χ0) is 19.2. The van der Waals surface area contributed by atoms with Crippen LogP contribution in [0.3, 0.4) is 0 Å². The number of amides is 1. The fourth-order valence-corrected chi connectivity index (χ4v) is 4.89. The fourth-order valence-electron chi connectivity index (χ4n) is 3.37. The minimum atomic E-state index is -3.75. The molecule has 0 unspecified atom stereocenters. The first-order chi connectivity index (χ1) is 12.9. The maximum absolute atomic E-state index is 13.0. The van der Waals surface area contributed by atoms with Gasteiger partial charge in [-0.05, 0) is 37.5 Å². The van der Waals surface area contributed by atoms with Gasteiger partial charge in [-0.25, -0.2) is 13.1 Å². The van der Waals surface area contributed by atoms with Crippen LogP contribution in [0.2, 0.25) is 0 Å². The number of nitrogens with two attached hydrogens (primary N) is 1. The van der Waals surface area contributed by atoms with E-state index in [1.54, 1.807) is 4.68 Å². The Morgan fingerprint density at radius 2 is 2.07 bits per heavy atom. The number of carbonyl (C=O) groups excluding carboxylic acids is 1. The van der Waals surface area contributed by atoms with E-state index < -0.39 is 15.9 Å². The summed E-state index contributed by atoms with van der Waals surface area (Å²) >= 11 is 0. The smallest absolute Gasteiger partial charge is 0.252 e. The number of hydrogen-bond donors (Lipinski definition) is 1. The largest absolute Gasteiger partial charge is 0.496 e. The summed E-state index contributed by atoms with van der Waals surface area (Å²) in [5.41, 5.74) is 6.36. The molecule has 1 saturated carbocycles. The van der Waals surface area contributed by atoms with Crippen molar-refractivity contribution in [3.05, 3.63) is 35.7 Å². The zero-order valence-corrected chi connectivity index (χ0v) is 15.7. The molecule has 4 rings (SSSR count). The maximum Gasteiger partial charge on any atom is 0.252 e. The molecule has 10 heteroatoms. The van der Waals surface area contributed by atoms with Crippen LogP contribution in [0.1, 0.15) is 47.3 Å². The SMILES string of the molecule is COc1ccc(S(=O)(=O)N2CC[C@H](n3cc(C4CC4)nn3)C2)cc1C(N)=O. The highest BCUT2D eigenvalue weighted by Crippen LogP contribution is 2.39. The van der Waals surface area contributed by atoms with E-state index in [0.717, 1.165) is 18.5 Å². The molecule has 0 spiro atoms. The Morgan fingerprint density at radius 1 is 1.30 bits per heavy atom. The van der Waals surface area contributed by atoms with Crippen molar-refractivity contribution in [3.8, 4) is 5.75 Å². The molecule has 2 heterocycles. The van der Waals surface area contributed by atoms with E-state index in [0.29, 0.717) is 25.4 Å². The van der Waals surface area contributed by atoms with Crippen molar-refractivity contribution >= 4 is 15.9 Å². The van der Waals surface area contributed by atoms with E-state index in [4.69, 9.17) is 10.5 Å². The number of ether oxygens (including phenoxy) is 1. The van der Waals surface area contributed by atoms with Crippen molar-refractivity contribution < 1.29 is 17.9 Å². The predicted octanol–water partition coefficient (Wildman–Crippen LogP) is 0.899. The van der Waals surface area contributed by atoms with Gasteiger partial charge in [0, 0.05) is 25.2 Å². The summed E-state index contributed by atoms with van der Waals surface area (Å²) in [4.78, 5) is 11.6. The van der Waals surface area contributed by atoms with Gasteiger partial charge in [-0.2, -0.15) is 4.31 Å². The van der Waals surface area contributed by atoms with Gasteiger partial charge in [0.05, 0.1) is 29.3 Å². The van der Waals surface area contributed by atoms with Crippen LogP contribution in [0.4, 0.5) is 0 Å². The van der Waals surface area contributed by atoms with Gasteiger partial charge in [-0.15, -0.1) is 5.10 Å². The third-order valence-electron chi connectivity index (χ3n) is 5.10. The standard InChI is InChI=1S/C17H21N5O4S/c1-26-16-5-4-13(8-14(16)17(18)23)27(24,25)21-7-6-12(9-21)22-10-15(19-20-22)11-2-3-11/h4-5,8,10-12H,2-3,6-7,9H2,1H3,(H2,18,23)/t12-/m0/s1. The molecule has 1 saturated heterocycles. The summed E-state index contributed by atoms with van der Waals surface area (Å²) in [5, 5.41) is 8.37. The molecule has 1 aromatic carbocycles. The van der Waals surface area contributed by atoms with Gasteiger partial charge in [-0.1, -0.05) is 5.21 Å². The minimum Gasteiger partial charge on any atom is -0.496 e. The third-order valence-corrected chi connectivity index (χ3v) is 6.96. The van der Waals surface area contributed by atoms with Crippen molar-refractivity contribution in [2.24, 2.45) is 5.73 Å². The molecule has 2 aromatic rings. The molecule has 1 aliphatic heterocycles. The molecule has 1 amide bonds. The quantitative estimate of drug-likeness (QED) is 0.781. The van der Waals surface area contributed by atoms with Gasteiger partial charge in [0.15, 0.2) is 0 Å². The third kappa shape index (κ3) is 3.30. The number of carbonyl (C=O) groups is 1. The highest BCUT2D eigenvalue weighted by Gasteiger charge is 2.35. The van der Waals surface area contributed by atoms with Crippen molar-refractivity contribution in [3.63, 3.8) is 0 Å². The number of nitrogens with zero attached hydrogens (tertiary/aromatic N) is 4. The van der Waals surface area contributed by atoms with Crippen LogP contribution >= 0.6 is 0 Å². The van der Waals surface area contributed by atoms with E-state index in [1.165, 1.54) is 29.6 Å². The molecule has 2 aliphatic rings. The Hall–Kier alpha value is -2.46. The Kier molecular flexibility index (Phi) is 4.39. The van der Waals surface area contributed by atoms with E-state index in [-0.39, 0.29) is 22.3 Å². The van der Waals surface area contributed by atoms with Crippen LogP contribution < -0.4 is 10.5 Å². The molecule has 27 heavy (non-hydrogen) atoms. The van der Waals surface area contributed by atoms with Crippen LogP contribution in [0.25, 0.3) is 0 Å². The number of rotatable bonds is 6. The second-order valence-corrected chi connectivity index (χ2v) is 8.87. The van der Waals surface area contributed by atoms with Crippen LogP contribution in [-0.4, -0.2) is 53.8 Å². The molecule has 2 N–H and O–H groups in total. The number of methoxy groups -OCH3 is 1. The van der Waals surface area contributed by atoms with Gasteiger partial charge in [0.1, 0.15) is 5.75 Å². The Labute approximate surface area is 157 Å². The van der Waals surface area contributed by atoms with Gasteiger partial charge in [-0.3, -0.25) is 4.79 Å². The summed E-state index contributed by atoms with van der Waals surface area (Å²) < 4.78 is 34.2. The van der Waals surface area contributed by atoms with Crippen LogP contribution in [0.15, 0.2) is 29.3 Å². The first-order valence-corrected chi connectivity index (χ1v) is 10.2. The lowest BCUT2D eigenvalue weighted by Gasteiger charge is -2.17. The van der Waals surface area contributed by atoms with E-state index >= 15 is 0 Å². The molecular weight excluding hydrogens is 370 g/mol.